The third kappa shape index (κ3) is 2.33. The van der Waals surface area contributed by atoms with Crippen LogP contribution in [0, 0.1) is 0 Å². The zero-order valence-electron chi connectivity index (χ0n) is 9.95. The zero-order chi connectivity index (χ0) is 13.3. The summed E-state index contributed by atoms with van der Waals surface area (Å²) in [5.41, 5.74) is 0.458. The number of carbonyl (C=O) groups is 1. The summed E-state index contributed by atoms with van der Waals surface area (Å²) in [7, 11) is 1.61. The molecule has 0 saturated carbocycles. The van der Waals surface area contributed by atoms with Gasteiger partial charge in [-0.3, -0.25) is 9.59 Å². The molecule has 0 fully saturated rings. The van der Waals surface area contributed by atoms with Crippen LogP contribution < -0.4 is 10.5 Å². The Labute approximate surface area is 106 Å². The molecule has 2 heterocycles. The molecular formula is C10H12N4O3S. The molecule has 8 heteroatoms. The van der Waals surface area contributed by atoms with Crippen LogP contribution in [0.2, 0.25) is 0 Å². The molecule has 7 nitrogen and oxygen atoms in total. The van der Waals surface area contributed by atoms with Gasteiger partial charge < -0.3 is 10.0 Å². The highest BCUT2D eigenvalue weighted by Gasteiger charge is 2.13. The smallest absolute Gasteiger partial charge is 0.323 e. The second-order valence-electron chi connectivity index (χ2n) is 3.77. The van der Waals surface area contributed by atoms with Crippen LogP contribution in [-0.4, -0.2) is 39.3 Å². The molecule has 0 aliphatic carbocycles. The van der Waals surface area contributed by atoms with Crippen molar-refractivity contribution in [2.75, 3.05) is 18.5 Å². The van der Waals surface area contributed by atoms with Crippen LogP contribution in [0.3, 0.4) is 0 Å². The number of nitrogens with zero attached hydrogens (tertiary/aromatic N) is 4. The maximum Gasteiger partial charge on any atom is 0.323 e. The number of carboxylic acids is 1. The van der Waals surface area contributed by atoms with Gasteiger partial charge in [0.1, 0.15) is 6.54 Å². The largest absolute Gasteiger partial charge is 0.480 e. The number of carboxylic acid groups (broad SMARTS) is 1. The van der Waals surface area contributed by atoms with Gasteiger partial charge in [0.05, 0.1) is 0 Å². The van der Waals surface area contributed by atoms with E-state index in [0.717, 1.165) is 0 Å². The third-order valence-corrected chi connectivity index (χ3v) is 3.37. The van der Waals surface area contributed by atoms with Crippen molar-refractivity contribution in [3.8, 4) is 0 Å². The van der Waals surface area contributed by atoms with Crippen molar-refractivity contribution in [3.05, 3.63) is 22.1 Å². The molecule has 2 aromatic rings. The SMILES string of the molecule is CCc1cc(=O)n2nc(N(C)CC(=O)O)sc2n1. The summed E-state index contributed by atoms with van der Waals surface area (Å²) in [5.74, 6) is -0.952. The fourth-order valence-corrected chi connectivity index (χ4v) is 2.34. The second-order valence-corrected chi connectivity index (χ2v) is 4.70. The first-order valence-corrected chi connectivity index (χ1v) is 6.15. The molecule has 0 amide bonds. The lowest BCUT2D eigenvalue weighted by Crippen LogP contribution is -2.25. The highest BCUT2D eigenvalue weighted by molar-refractivity contribution is 7.20. The number of hydrogen-bond acceptors (Lipinski definition) is 6. The van der Waals surface area contributed by atoms with Crippen LogP contribution in [0.25, 0.3) is 4.96 Å². The van der Waals surface area contributed by atoms with E-state index in [-0.39, 0.29) is 12.1 Å². The molecule has 18 heavy (non-hydrogen) atoms. The standard InChI is InChI=1S/C10H12N4O3S/c1-3-6-4-7(15)14-9(11-6)18-10(12-14)13(2)5-8(16)17/h4H,3,5H2,1-2H3,(H,16,17). The number of hydrogen-bond donors (Lipinski definition) is 1. The minimum Gasteiger partial charge on any atom is -0.480 e. The first-order chi connectivity index (χ1) is 8.51. The molecule has 0 bridgehead atoms. The Morgan fingerprint density at radius 3 is 2.94 bits per heavy atom. The molecule has 0 radical (unpaired) electrons. The van der Waals surface area contributed by atoms with Crippen molar-refractivity contribution in [2.45, 2.75) is 13.3 Å². The van der Waals surface area contributed by atoms with E-state index in [0.29, 0.717) is 22.2 Å². The van der Waals surface area contributed by atoms with E-state index < -0.39 is 5.97 Å². The number of aliphatic carboxylic acids is 1. The predicted octanol–water partition coefficient (Wildman–Crippen LogP) is 0.234. The number of likely N-dealkylation sites (N-methyl/N-ethyl adjacent to an activating group) is 1. The minimum atomic E-state index is -0.952. The van der Waals surface area contributed by atoms with Gasteiger partial charge in [-0.1, -0.05) is 18.3 Å². The molecule has 0 atom stereocenters. The maximum atomic E-state index is 11.7. The summed E-state index contributed by atoms with van der Waals surface area (Å²) in [6.07, 6.45) is 0.671. The number of anilines is 1. The lowest BCUT2D eigenvalue weighted by atomic mass is 10.3. The molecule has 2 rings (SSSR count). The van der Waals surface area contributed by atoms with Crippen molar-refractivity contribution in [1.82, 2.24) is 14.6 Å². The van der Waals surface area contributed by atoms with Gasteiger partial charge in [-0.15, -0.1) is 5.10 Å². The third-order valence-electron chi connectivity index (χ3n) is 2.35. The normalized spacial score (nSPS) is 10.8. The van der Waals surface area contributed by atoms with E-state index in [9.17, 15) is 9.59 Å². The van der Waals surface area contributed by atoms with Gasteiger partial charge in [0, 0.05) is 18.8 Å². The summed E-state index contributed by atoms with van der Waals surface area (Å²) in [6, 6.07) is 1.44. The Bertz CT molecular complexity index is 648. The van der Waals surface area contributed by atoms with Gasteiger partial charge in [-0.05, 0) is 6.42 Å². The molecule has 1 N–H and O–H groups in total. The van der Waals surface area contributed by atoms with Crippen LogP contribution in [0.1, 0.15) is 12.6 Å². The topological polar surface area (TPSA) is 87.8 Å². The summed E-state index contributed by atoms with van der Waals surface area (Å²) in [6.45, 7) is 1.74. The van der Waals surface area contributed by atoms with Gasteiger partial charge in [0.2, 0.25) is 10.1 Å². The number of fused-ring (bicyclic) bond motifs is 1. The molecule has 2 aromatic heterocycles. The Hall–Kier alpha value is -1.96. The van der Waals surface area contributed by atoms with Gasteiger partial charge in [-0.2, -0.15) is 4.52 Å². The van der Waals surface area contributed by atoms with E-state index in [1.807, 2.05) is 6.92 Å². The Balaban J connectivity index is 2.47. The molecular weight excluding hydrogens is 256 g/mol. The Morgan fingerprint density at radius 2 is 2.33 bits per heavy atom. The fraction of sp³-hybridized carbons (Fsp3) is 0.400. The van der Waals surface area contributed by atoms with Crippen LogP contribution in [-0.2, 0) is 11.2 Å². The highest BCUT2D eigenvalue weighted by Crippen LogP contribution is 2.19. The highest BCUT2D eigenvalue weighted by atomic mass is 32.1. The lowest BCUT2D eigenvalue weighted by Gasteiger charge is -2.10. The van der Waals surface area contributed by atoms with E-state index >= 15 is 0 Å². The quantitative estimate of drug-likeness (QED) is 0.854. The monoisotopic (exact) mass is 268 g/mol. The van der Waals surface area contributed by atoms with E-state index in [1.165, 1.54) is 26.8 Å². The van der Waals surface area contributed by atoms with Gasteiger partial charge in [0.25, 0.3) is 5.56 Å². The summed E-state index contributed by atoms with van der Waals surface area (Å²) in [4.78, 5) is 28.6. The van der Waals surface area contributed by atoms with Crippen molar-refractivity contribution < 1.29 is 9.90 Å². The molecule has 0 spiro atoms. The zero-order valence-corrected chi connectivity index (χ0v) is 10.8. The van der Waals surface area contributed by atoms with Crippen molar-refractivity contribution in [3.63, 3.8) is 0 Å². The van der Waals surface area contributed by atoms with E-state index in [2.05, 4.69) is 10.1 Å². The molecule has 0 saturated heterocycles. The Kier molecular flexibility index (Phi) is 3.28. The van der Waals surface area contributed by atoms with Crippen molar-refractivity contribution >= 4 is 27.4 Å². The average molecular weight is 268 g/mol. The summed E-state index contributed by atoms with van der Waals surface area (Å²) < 4.78 is 1.19. The van der Waals surface area contributed by atoms with Gasteiger partial charge in [-0.25, -0.2) is 4.98 Å². The maximum absolute atomic E-state index is 11.7. The van der Waals surface area contributed by atoms with Crippen LogP contribution in [0.5, 0.6) is 0 Å². The van der Waals surface area contributed by atoms with E-state index in [4.69, 9.17) is 5.11 Å². The molecule has 0 aromatic carbocycles. The van der Waals surface area contributed by atoms with Gasteiger partial charge in [0.15, 0.2) is 0 Å². The Morgan fingerprint density at radius 1 is 1.61 bits per heavy atom. The summed E-state index contributed by atoms with van der Waals surface area (Å²) in [5, 5.41) is 13.2. The number of rotatable bonds is 4. The van der Waals surface area contributed by atoms with Gasteiger partial charge >= 0.3 is 5.97 Å². The first-order valence-electron chi connectivity index (χ1n) is 5.34. The number of aryl methyl sites for hydroxylation is 1. The number of aromatic nitrogens is 3. The summed E-state index contributed by atoms with van der Waals surface area (Å²) >= 11 is 1.19. The molecule has 0 unspecified atom stereocenters. The molecule has 0 aliphatic rings. The van der Waals surface area contributed by atoms with Crippen LogP contribution in [0.4, 0.5) is 5.13 Å². The van der Waals surface area contributed by atoms with Crippen molar-refractivity contribution in [2.24, 2.45) is 0 Å². The molecule has 0 aliphatic heterocycles. The van der Waals surface area contributed by atoms with Crippen molar-refractivity contribution in [1.29, 1.82) is 0 Å². The van der Waals surface area contributed by atoms with Crippen LogP contribution in [0.15, 0.2) is 10.9 Å². The minimum absolute atomic E-state index is 0.171. The predicted molar refractivity (Wildman–Crippen MR) is 67.4 cm³/mol. The molecule has 96 valence electrons. The first kappa shape index (κ1) is 12.5. The van der Waals surface area contributed by atoms with Crippen LogP contribution >= 0.6 is 11.3 Å². The second kappa shape index (κ2) is 4.73. The van der Waals surface area contributed by atoms with E-state index in [1.54, 1.807) is 7.05 Å². The lowest BCUT2D eigenvalue weighted by molar-refractivity contribution is -0.135. The fourth-order valence-electron chi connectivity index (χ4n) is 1.45. The average Bonchev–Trinajstić information content (AvgIpc) is 2.72.